The van der Waals surface area contributed by atoms with Gasteiger partial charge in [0.15, 0.2) is 9.84 Å². The molecule has 2 rings (SSSR count). The van der Waals surface area contributed by atoms with Crippen molar-refractivity contribution in [1.29, 1.82) is 0 Å². The fourth-order valence-electron chi connectivity index (χ4n) is 2.64. The number of allylic oxidation sites excluding steroid dienone is 1. The Hall–Kier alpha value is -1.76. The molecule has 1 aliphatic rings. The summed E-state index contributed by atoms with van der Waals surface area (Å²) in [7, 11) is -3.36. The van der Waals surface area contributed by atoms with E-state index in [1.165, 1.54) is 37.3 Å². The SMILES string of the molecule is CCS(=O)(=O)c1ccc(/C(=C\[C@H]2C[C@@H](F)[C@@H](F)C2)C(=O)O)cc1. The molecule has 0 amide bonds. The van der Waals surface area contributed by atoms with Crippen LogP contribution in [0.25, 0.3) is 5.57 Å². The van der Waals surface area contributed by atoms with E-state index in [0.717, 1.165) is 0 Å². The summed E-state index contributed by atoms with van der Waals surface area (Å²) in [6.45, 7) is 1.52. The molecular weight excluding hydrogens is 326 g/mol. The number of hydrogen-bond donors (Lipinski definition) is 1. The molecular formula is C16H18F2O4S. The average Bonchev–Trinajstić information content (AvgIpc) is 2.83. The first-order chi connectivity index (χ1) is 10.7. The van der Waals surface area contributed by atoms with Crippen LogP contribution >= 0.6 is 0 Å². The van der Waals surface area contributed by atoms with Gasteiger partial charge >= 0.3 is 5.97 Å². The molecule has 23 heavy (non-hydrogen) atoms. The van der Waals surface area contributed by atoms with Crippen LogP contribution in [-0.2, 0) is 14.6 Å². The van der Waals surface area contributed by atoms with E-state index >= 15 is 0 Å². The molecule has 7 heteroatoms. The molecule has 1 aromatic carbocycles. The number of rotatable bonds is 5. The summed E-state index contributed by atoms with van der Waals surface area (Å²) in [4.78, 5) is 11.5. The minimum Gasteiger partial charge on any atom is -0.478 e. The van der Waals surface area contributed by atoms with Gasteiger partial charge in [-0.3, -0.25) is 0 Å². The number of halogens is 2. The van der Waals surface area contributed by atoms with Gasteiger partial charge < -0.3 is 5.11 Å². The van der Waals surface area contributed by atoms with Crippen molar-refractivity contribution >= 4 is 21.4 Å². The zero-order valence-electron chi connectivity index (χ0n) is 12.6. The zero-order chi connectivity index (χ0) is 17.2. The molecule has 3 atom stereocenters. The molecule has 126 valence electrons. The number of alkyl halides is 2. The molecule has 0 aromatic heterocycles. The van der Waals surface area contributed by atoms with Crippen molar-refractivity contribution in [2.24, 2.45) is 5.92 Å². The van der Waals surface area contributed by atoms with Crippen LogP contribution in [0.2, 0.25) is 0 Å². The lowest BCUT2D eigenvalue weighted by atomic mass is 9.99. The first-order valence-corrected chi connectivity index (χ1v) is 8.96. The van der Waals surface area contributed by atoms with Crippen molar-refractivity contribution in [2.75, 3.05) is 5.75 Å². The fourth-order valence-corrected chi connectivity index (χ4v) is 3.53. The summed E-state index contributed by atoms with van der Waals surface area (Å²) in [6, 6.07) is 5.49. The Balaban J connectivity index is 2.30. The summed E-state index contributed by atoms with van der Waals surface area (Å²) in [6.07, 6.45) is -1.86. The molecule has 0 radical (unpaired) electrons. The summed E-state index contributed by atoms with van der Waals surface area (Å²) in [5.41, 5.74) is 0.238. The molecule has 1 aromatic rings. The van der Waals surface area contributed by atoms with Crippen molar-refractivity contribution < 1.29 is 27.1 Å². The number of hydrogen-bond acceptors (Lipinski definition) is 3. The lowest BCUT2D eigenvalue weighted by Crippen LogP contribution is -2.06. The second-order valence-electron chi connectivity index (χ2n) is 5.58. The highest BCUT2D eigenvalue weighted by Crippen LogP contribution is 2.33. The lowest BCUT2D eigenvalue weighted by molar-refractivity contribution is -0.130. The van der Waals surface area contributed by atoms with Gasteiger partial charge in [0, 0.05) is 0 Å². The predicted molar refractivity (Wildman–Crippen MR) is 82.3 cm³/mol. The molecule has 4 nitrogen and oxygen atoms in total. The molecule has 0 spiro atoms. The van der Waals surface area contributed by atoms with Gasteiger partial charge in [-0.2, -0.15) is 0 Å². The summed E-state index contributed by atoms with van der Waals surface area (Å²) in [5, 5.41) is 9.32. The van der Waals surface area contributed by atoms with E-state index in [4.69, 9.17) is 0 Å². The minimum atomic E-state index is -3.36. The van der Waals surface area contributed by atoms with Gasteiger partial charge in [0.2, 0.25) is 0 Å². The van der Waals surface area contributed by atoms with Gasteiger partial charge in [0.1, 0.15) is 12.3 Å². The van der Waals surface area contributed by atoms with Crippen molar-refractivity contribution in [3.05, 3.63) is 35.9 Å². The van der Waals surface area contributed by atoms with Gasteiger partial charge in [-0.25, -0.2) is 22.0 Å². The van der Waals surface area contributed by atoms with Gasteiger partial charge in [0.05, 0.1) is 16.2 Å². The van der Waals surface area contributed by atoms with Crippen LogP contribution in [0.4, 0.5) is 8.78 Å². The van der Waals surface area contributed by atoms with Crippen molar-refractivity contribution in [3.63, 3.8) is 0 Å². The van der Waals surface area contributed by atoms with Gasteiger partial charge in [-0.05, 0) is 36.5 Å². The van der Waals surface area contributed by atoms with Crippen molar-refractivity contribution in [1.82, 2.24) is 0 Å². The third-order valence-corrected chi connectivity index (χ3v) is 5.74. The zero-order valence-corrected chi connectivity index (χ0v) is 13.4. The van der Waals surface area contributed by atoms with Gasteiger partial charge in [-0.15, -0.1) is 0 Å². The molecule has 0 bridgehead atoms. The quantitative estimate of drug-likeness (QED) is 0.834. The lowest BCUT2D eigenvalue weighted by Gasteiger charge is -2.08. The van der Waals surface area contributed by atoms with Gasteiger partial charge in [0.25, 0.3) is 0 Å². The van der Waals surface area contributed by atoms with E-state index in [2.05, 4.69) is 0 Å². The summed E-state index contributed by atoms with van der Waals surface area (Å²) < 4.78 is 50.0. The van der Waals surface area contributed by atoms with E-state index < -0.39 is 34.1 Å². The first-order valence-electron chi connectivity index (χ1n) is 7.31. The Kier molecular flexibility index (Phi) is 5.19. The highest BCUT2D eigenvalue weighted by molar-refractivity contribution is 7.91. The Morgan fingerprint density at radius 3 is 2.17 bits per heavy atom. The van der Waals surface area contributed by atoms with E-state index in [-0.39, 0.29) is 29.1 Å². The Labute approximate surface area is 133 Å². The molecule has 0 unspecified atom stereocenters. The molecule has 0 saturated heterocycles. The Bertz CT molecular complexity index is 700. The summed E-state index contributed by atoms with van der Waals surface area (Å²) in [5.74, 6) is -1.75. The molecule has 1 saturated carbocycles. The molecule has 1 aliphatic carbocycles. The van der Waals surface area contributed by atoms with Crippen LogP contribution in [0.5, 0.6) is 0 Å². The second-order valence-corrected chi connectivity index (χ2v) is 7.86. The van der Waals surface area contributed by atoms with E-state index in [1.54, 1.807) is 0 Å². The Morgan fingerprint density at radius 2 is 1.74 bits per heavy atom. The van der Waals surface area contributed by atoms with E-state index in [9.17, 15) is 27.1 Å². The van der Waals surface area contributed by atoms with Crippen LogP contribution in [0.15, 0.2) is 35.2 Å². The van der Waals surface area contributed by atoms with Crippen LogP contribution < -0.4 is 0 Å². The maximum Gasteiger partial charge on any atom is 0.335 e. The number of benzene rings is 1. The standard InChI is InChI=1S/C16H18F2O4S/c1-2-23(21,22)12-5-3-11(4-6-12)13(16(19)20)7-10-8-14(17)15(18)9-10/h3-7,10,14-15H,2,8-9H2,1H3,(H,19,20)/b13-7+/t10-,14+,15-. The minimum absolute atomic E-state index is 0.0414. The monoisotopic (exact) mass is 344 g/mol. The molecule has 0 heterocycles. The van der Waals surface area contributed by atoms with Crippen molar-refractivity contribution in [2.45, 2.75) is 37.0 Å². The van der Waals surface area contributed by atoms with E-state index in [1.807, 2.05) is 0 Å². The normalized spacial score (nSPS) is 25.5. The first kappa shape index (κ1) is 17.6. The number of sulfone groups is 1. The van der Waals surface area contributed by atoms with Crippen LogP contribution in [0, 0.1) is 5.92 Å². The third kappa shape index (κ3) is 3.96. The van der Waals surface area contributed by atoms with Crippen LogP contribution in [0.1, 0.15) is 25.3 Å². The van der Waals surface area contributed by atoms with Crippen molar-refractivity contribution in [3.8, 4) is 0 Å². The second kappa shape index (κ2) is 6.78. The number of carbonyl (C=O) groups is 1. The maximum absolute atomic E-state index is 13.2. The number of aliphatic carboxylic acids is 1. The van der Waals surface area contributed by atoms with Gasteiger partial charge in [-0.1, -0.05) is 25.1 Å². The third-order valence-electron chi connectivity index (χ3n) is 3.99. The molecule has 1 fully saturated rings. The average molecular weight is 344 g/mol. The number of carboxylic acid groups (broad SMARTS) is 1. The fraction of sp³-hybridized carbons (Fsp3) is 0.438. The highest BCUT2D eigenvalue weighted by Gasteiger charge is 2.34. The summed E-state index contributed by atoms with van der Waals surface area (Å²) >= 11 is 0. The predicted octanol–water partition coefficient (Wildman–Crippen LogP) is 3.03. The smallest absolute Gasteiger partial charge is 0.335 e. The Morgan fingerprint density at radius 1 is 1.22 bits per heavy atom. The number of carboxylic acids is 1. The largest absolute Gasteiger partial charge is 0.478 e. The molecule has 1 N–H and O–H groups in total. The van der Waals surface area contributed by atoms with E-state index in [0.29, 0.717) is 5.56 Å². The van der Waals surface area contributed by atoms with Crippen LogP contribution in [-0.4, -0.2) is 37.6 Å². The van der Waals surface area contributed by atoms with Crippen LogP contribution in [0.3, 0.4) is 0 Å². The topological polar surface area (TPSA) is 71.4 Å². The highest BCUT2D eigenvalue weighted by atomic mass is 32.2. The molecule has 0 aliphatic heterocycles. The maximum atomic E-state index is 13.2.